The van der Waals surface area contributed by atoms with Gasteiger partial charge in [-0.3, -0.25) is 4.79 Å². The van der Waals surface area contributed by atoms with Crippen LogP contribution in [0, 0.1) is 0 Å². The molecule has 0 aliphatic heterocycles. The van der Waals surface area contributed by atoms with Crippen LogP contribution in [0.15, 0.2) is 60.7 Å². The van der Waals surface area contributed by atoms with E-state index in [-0.39, 0.29) is 12.5 Å². The zero-order valence-corrected chi connectivity index (χ0v) is 23.0. The number of amides is 1. The van der Waals surface area contributed by atoms with E-state index in [4.69, 9.17) is 20.0 Å². The highest BCUT2D eigenvalue weighted by molar-refractivity contribution is 5.99. The van der Waals surface area contributed by atoms with Gasteiger partial charge in [0.25, 0.3) is 5.91 Å². The SMILES string of the molecule is CC.CCCCN.COCCNC(=O)c1ccc2c(Oc3ccc(C(F)(F)F)cc3)cccc2c1.NCC=O. The maximum Gasteiger partial charge on any atom is 0.416 e. The lowest BCUT2D eigenvalue weighted by atomic mass is 10.1. The molecule has 3 aromatic carbocycles. The summed E-state index contributed by atoms with van der Waals surface area (Å²) in [5.74, 6) is 0.568. The number of alkyl halides is 3. The molecule has 0 spiro atoms. The summed E-state index contributed by atoms with van der Waals surface area (Å²) in [6.45, 7) is 7.94. The van der Waals surface area contributed by atoms with Gasteiger partial charge in [-0.25, -0.2) is 0 Å². The van der Waals surface area contributed by atoms with Crippen molar-refractivity contribution in [3.63, 3.8) is 0 Å². The molecule has 0 atom stereocenters. The molecule has 5 N–H and O–H groups in total. The van der Waals surface area contributed by atoms with Crippen LogP contribution in [-0.4, -0.2) is 45.5 Å². The molecular formula is C29H40F3N3O4. The first-order valence-corrected chi connectivity index (χ1v) is 12.7. The van der Waals surface area contributed by atoms with Crippen molar-refractivity contribution < 1.29 is 32.2 Å². The summed E-state index contributed by atoms with van der Waals surface area (Å²) in [7, 11) is 1.56. The highest BCUT2D eigenvalue weighted by Crippen LogP contribution is 2.33. The van der Waals surface area contributed by atoms with Gasteiger partial charge in [-0.2, -0.15) is 13.2 Å². The lowest BCUT2D eigenvalue weighted by Gasteiger charge is -2.12. The van der Waals surface area contributed by atoms with E-state index in [0.717, 1.165) is 29.4 Å². The second-order valence-electron chi connectivity index (χ2n) is 7.61. The third-order valence-corrected chi connectivity index (χ3v) is 4.76. The van der Waals surface area contributed by atoms with Crippen LogP contribution in [0.25, 0.3) is 10.8 Å². The van der Waals surface area contributed by atoms with E-state index in [1.54, 1.807) is 37.4 Å². The molecule has 0 unspecified atom stereocenters. The third kappa shape index (κ3) is 13.8. The maximum absolute atomic E-state index is 12.7. The second-order valence-corrected chi connectivity index (χ2v) is 7.61. The molecule has 39 heavy (non-hydrogen) atoms. The Morgan fingerprint density at radius 2 is 1.67 bits per heavy atom. The Bertz CT molecular complexity index is 1090. The molecule has 1 amide bonds. The van der Waals surface area contributed by atoms with Gasteiger partial charge in [0, 0.05) is 31.1 Å². The van der Waals surface area contributed by atoms with Gasteiger partial charge in [-0.15, -0.1) is 0 Å². The largest absolute Gasteiger partial charge is 0.457 e. The number of nitrogens with two attached hydrogens (primary N) is 2. The van der Waals surface area contributed by atoms with Crippen molar-refractivity contribution in [1.82, 2.24) is 5.32 Å². The molecule has 0 saturated carbocycles. The monoisotopic (exact) mass is 551 g/mol. The highest BCUT2D eigenvalue weighted by Gasteiger charge is 2.30. The predicted octanol–water partition coefficient (Wildman–Crippen LogP) is 5.94. The number of carbonyl (C=O) groups excluding carboxylic acids is 2. The second kappa shape index (κ2) is 20.5. The van der Waals surface area contributed by atoms with Crippen LogP contribution in [0.5, 0.6) is 11.5 Å². The zero-order valence-electron chi connectivity index (χ0n) is 23.0. The molecule has 0 bridgehead atoms. The van der Waals surface area contributed by atoms with Crippen LogP contribution in [-0.2, 0) is 15.7 Å². The van der Waals surface area contributed by atoms with E-state index < -0.39 is 11.7 Å². The molecule has 0 aliphatic rings. The standard InChI is InChI=1S/C21H18F3NO3.C4H11N.C2H5NO.C2H6/c1-27-12-11-25-20(26)15-5-10-18-14(13-15)3-2-4-19(18)28-17-8-6-16(7-9-17)21(22,23)24;1-2-3-4-5;3-1-2-4;1-2/h2-10,13H,11-12H2,1H3,(H,25,26);2-5H2,1H3;2H,1,3H2;1-2H3. The fourth-order valence-electron chi connectivity index (χ4n) is 2.90. The van der Waals surface area contributed by atoms with Gasteiger partial charge in [0.1, 0.15) is 17.8 Å². The lowest BCUT2D eigenvalue weighted by molar-refractivity contribution is -0.137. The van der Waals surface area contributed by atoms with Gasteiger partial charge >= 0.3 is 6.18 Å². The number of halogens is 3. The number of fused-ring (bicyclic) bond motifs is 1. The number of ether oxygens (including phenoxy) is 2. The molecule has 3 rings (SSSR count). The van der Waals surface area contributed by atoms with Gasteiger partial charge in [-0.05, 0) is 66.9 Å². The maximum atomic E-state index is 12.7. The number of benzene rings is 3. The molecule has 7 nitrogen and oxygen atoms in total. The average Bonchev–Trinajstić information content (AvgIpc) is 2.95. The van der Waals surface area contributed by atoms with Crippen LogP contribution in [0.2, 0.25) is 0 Å². The van der Waals surface area contributed by atoms with Crippen molar-refractivity contribution in [2.75, 3.05) is 33.4 Å². The molecule has 0 heterocycles. The number of rotatable bonds is 9. The van der Waals surface area contributed by atoms with Crippen molar-refractivity contribution >= 4 is 23.0 Å². The van der Waals surface area contributed by atoms with E-state index in [1.165, 1.54) is 25.0 Å². The van der Waals surface area contributed by atoms with Crippen LogP contribution in [0.3, 0.4) is 0 Å². The molecule has 10 heteroatoms. The Morgan fingerprint density at radius 1 is 1.03 bits per heavy atom. The first-order valence-electron chi connectivity index (χ1n) is 12.7. The first-order chi connectivity index (χ1) is 18.7. The fraction of sp³-hybridized carbons (Fsp3) is 0.379. The van der Waals surface area contributed by atoms with Crippen molar-refractivity contribution in [3.05, 3.63) is 71.8 Å². The molecule has 0 aromatic heterocycles. The van der Waals surface area contributed by atoms with E-state index >= 15 is 0 Å². The van der Waals surface area contributed by atoms with Gasteiger partial charge < -0.3 is 31.1 Å². The first kappa shape index (κ1) is 35.5. The van der Waals surface area contributed by atoms with E-state index in [1.807, 2.05) is 19.9 Å². The minimum Gasteiger partial charge on any atom is -0.457 e. The van der Waals surface area contributed by atoms with E-state index in [2.05, 4.69) is 18.0 Å². The van der Waals surface area contributed by atoms with Gasteiger partial charge in [-0.1, -0.05) is 39.3 Å². The summed E-state index contributed by atoms with van der Waals surface area (Å²) in [6.07, 6.45) is -1.35. The summed E-state index contributed by atoms with van der Waals surface area (Å²) in [6, 6.07) is 15.0. The lowest BCUT2D eigenvalue weighted by Crippen LogP contribution is -2.26. The normalized spacial score (nSPS) is 10.1. The quantitative estimate of drug-likeness (QED) is 0.224. The van der Waals surface area contributed by atoms with Crippen molar-refractivity contribution in [2.45, 2.75) is 39.8 Å². The fourth-order valence-corrected chi connectivity index (χ4v) is 2.90. The summed E-state index contributed by atoms with van der Waals surface area (Å²) in [5.41, 5.74) is 9.56. The Balaban J connectivity index is 0.00000112. The van der Waals surface area contributed by atoms with Crippen LogP contribution < -0.4 is 21.5 Å². The average molecular weight is 552 g/mol. The number of carbonyl (C=O) groups is 2. The number of unbranched alkanes of at least 4 members (excludes halogenated alkanes) is 1. The van der Waals surface area contributed by atoms with Gasteiger partial charge in [0.15, 0.2) is 0 Å². The molecular weight excluding hydrogens is 511 g/mol. The molecule has 0 saturated heterocycles. The predicted molar refractivity (Wildman–Crippen MR) is 150 cm³/mol. The Labute approximate surface area is 228 Å². The number of methoxy groups -OCH3 is 1. The summed E-state index contributed by atoms with van der Waals surface area (Å²) >= 11 is 0. The third-order valence-electron chi connectivity index (χ3n) is 4.76. The van der Waals surface area contributed by atoms with Crippen molar-refractivity contribution in [1.29, 1.82) is 0 Å². The molecule has 0 radical (unpaired) electrons. The van der Waals surface area contributed by atoms with Gasteiger partial charge in [0.05, 0.1) is 12.2 Å². The summed E-state index contributed by atoms with van der Waals surface area (Å²) in [5, 5.41) is 4.28. The topological polar surface area (TPSA) is 117 Å². The van der Waals surface area contributed by atoms with Crippen molar-refractivity contribution in [3.8, 4) is 11.5 Å². The van der Waals surface area contributed by atoms with Crippen molar-refractivity contribution in [2.24, 2.45) is 11.5 Å². The molecule has 3 aromatic rings. The summed E-state index contributed by atoms with van der Waals surface area (Å²) in [4.78, 5) is 21.2. The molecule has 0 fully saturated rings. The minimum atomic E-state index is -4.39. The number of nitrogens with one attached hydrogen (secondary N) is 1. The molecule has 216 valence electrons. The minimum absolute atomic E-state index is 0.139. The number of hydrogen-bond donors (Lipinski definition) is 3. The Morgan fingerprint density at radius 3 is 2.15 bits per heavy atom. The Hall–Kier alpha value is -3.47. The zero-order chi connectivity index (χ0) is 29.7. The highest BCUT2D eigenvalue weighted by atomic mass is 19.4. The smallest absolute Gasteiger partial charge is 0.416 e. The number of hydrogen-bond acceptors (Lipinski definition) is 6. The molecule has 0 aliphatic carbocycles. The summed E-state index contributed by atoms with van der Waals surface area (Å²) < 4.78 is 48.7. The van der Waals surface area contributed by atoms with E-state index in [0.29, 0.717) is 36.5 Å². The van der Waals surface area contributed by atoms with Crippen LogP contribution in [0.1, 0.15) is 49.5 Å². The van der Waals surface area contributed by atoms with Crippen LogP contribution in [0.4, 0.5) is 13.2 Å². The van der Waals surface area contributed by atoms with Gasteiger partial charge in [0.2, 0.25) is 0 Å². The number of aldehydes is 1. The van der Waals surface area contributed by atoms with E-state index in [9.17, 15) is 18.0 Å². The Kier molecular flexibility index (Phi) is 18.7. The van der Waals surface area contributed by atoms with Crippen LogP contribution >= 0.6 is 0 Å².